The van der Waals surface area contributed by atoms with Gasteiger partial charge in [0.05, 0.1) is 25.0 Å². The molecule has 1 aliphatic heterocycles. The van der Waals surface area contributed by atoms with E-state index in [2.05, 4.69) is 28.2 Å². The second-order valence-electron chi connectivity index (χ2n) is 7.82. The van der Waals surface area contributed by atoms with Gasteiger partial charge in [-0.25, -0.2) is 0 Å². The van der Waals surface area contributed by atoms with Gasteiger partial charge in [-0.2, -0.15) is 5.10 Å². The zero-order valence-electron chi connectivity index (χ0n) is 17.6. The van der Waals surface area contributed by atoms with Crippen LogP contribution in [0.5, 0.6) is 5.75 Å². The van der Waals surface area contributed by atoms with Crippen LogP contribution in [0.25, 0.3) is 11.1 Å². The van der Waals surface area contributed by atoms with Crippen molar-refractivity contribution in [2.45, 2.75) is 45.1 Å². The monoisotopic (exact) mass is 404 g/mol. The number of ether oxygens (including phenoxy) is 1. The molecule has 156 valence electrons. The average Bonchev–Trinajstić information content (AvgIpc) is 3.44. The van der Waals surface area contributed by atoms with Crippen LogP contribution in [-0.2, 0) is 11.2 Å². The van der Waals surface area contributed by atoms with E-state index >= 15 is 0 Å². The molecule has 4 rings (SSSR count). The molecule has 0 saturated carbocycles. The summed E-state index contributed by atoms with van der Waals surface area (Å²) >= 11 is 0. The lowest BCUT2D eigenvalue weighted by Gasteiger charge is -2.25. The van der Waals surface area contributed by atoms with Crippen LogP contribution >= 0.6 is 0 Å². The average molecular weight is 405 g/mol. The number of nitrogens with one attached hydrogen (secondary N) is 1. The lowest BCUT2D eigenvalue weighted by molar-refractivity contribution is -0.132. The number of aromatic nitrogens is 3. The first-order valence-electron chi connectivity index (χ1n) is 10.5. The zero-order chi connectivity index (χ0) is 20.9. The largest absolute Gasteiger partial charge is 0.497 e. The summed E-state index contributed by atoms with van der Waals surface area (Å²) in [6, 6.07) is 10.2. The van der Waals surface area contributed by atoms with E-state index in [9.17, 15) is 4.79 Å². The number of nitrogens with zero attached hydrogens (tertiary/aromatic N) is 3. The van der Waals surface area contributed by atoms with E-state index in [1.807, 2.05) is 35.4 Å². The molecule has 0 radical (unpaired) electrons. The van der Waals surface area contributed by atoms with Gasteiger partial charge >= 0.3 is 0 Å². The molecule has 0 bridgehead atoms. The molecule has 3 aromatic rings. The maximum atomic E-state index is 13.0. The summed E-state index contributed by atoms with van der Waals surface area (Å²) in [4.78, 5) is 19.2. The molecule has 2 aromatic heterocycles. The molecule has 1 aliphatic rings. The fraction of sp³-hybridized carbons (Fsp3) is 0.375. The van der Waals surface area contributed by atoms with E-state index in [0.717, 1.165) is 54.8 Å². The van der Waals surface area contributed by atoms with Crippen molar-refractivity contribution in [2.75, 3.05) is 13.7 Å². The molecule has 3 heterocycles. The first kappa shape index (κ1) is 20.1. The van der Waals surface area contributed by atoms with Gasteiger partial charge in [-0.1, -0.05) is 6.07 Å². The molecule has 0 aliphatic carbocycles. The Kier molecular flexibility index (Phi) is 6.12. The number of aromatic amines is 1. The highest BCUT2D eigenvalue weighted by Crippen LogP contribution is 2.36. The molecular weight excluding hydrogens is 376 g/mol. The van der Waals surface area contributed by atoms with Crippen molar-refractivity contribution in [3.63, 3.8) is 0 Å². The maximum absolute atomic E-state index is 13.0. The SMILES string of the molecule is COc1ccc(CCCC(=O)N2CCC[C@@H]2c2[nH]ncc2-c2ccncc2)c(C)c1. The fourth-order valence-electron chi connectivity index (χ4n) is 4.33. The van der Waals surface area contributed by atoms with E-state index in [1.54, 1.807) is 19.5 Å². The summed E-state index contributed by atoms with van der Waals surface area (Å²) in [6.45, 7) is 2.90. The summed E-state index contributed by atoms with van der Waals surface area (Å²) < 4.78 is 5.28. The highest BCUT2D eigenvalue weighted by molar-refractivity contribution is 5.77. The smallest absolute Gasteiger partial charge is 0.223 e. The molecule has 1 saturated heterocycles. The predicted octanol–water partition coefficient (Wildman–Crippen LogP) is 4.48. The molecule has 1 amide bonds. The number of carbonyl (C=O) groups excluding carboxylic acids is 1. The topological polar surface area (TPSA) is 71.1 Å². The van der Waals surface area contributed by atoms with Crippen molar-refractivity contribution in [1.82, 2.24) is 20.1 Å². The van der Waals surface area contributed by atoms with Crippen LogP contribution in [0.3, 0.4) is 0 Å². The van der Waals surface area contributed by atoms with Crippen molar-refractivity contribution in [3.05, 3.63) is 65.7 Å². The second kappa shape index (κ2) is 9.11. The normalized spacial score (nSPS) is 16.1. The molecule has 30 heavy (non-hydrogen) atoms. The third-order valence-corrected chi connectivity index (χ3v) is 5.95. The Balaban J connectivity index is 1.41. The minimum absolute atomic E-state index is 0.0610. The summed E-state index contributed by atoms with van der Waals surface area (Å²) in [6.07, 6.45) is 9.68. The lowest BCUT2D eigenvalue weighted by atomic mass is 10.0. The van der Waals surface area contributed by atoms with Crippen LogP contribution < -0.4 is 4.74 Å². The first-order valence-corrected chi connectivity index (χ1v) is 10.5. The van der Waals surface area contributed by atoms with Gasteiger partial charge in [0.1, 0.15) is 5.75 Å². The van der Waals surface area contributed by atoms with Crippen LogP contribution in [-0.4, -0.2) is 39.6 Å². The van der Waals surface area contributed by atoms with Crippen LogP contribution in [0, 0.1) is 6.92 Å². The molecule has 6 nitrogen and oxygen atoms in total. The Morgan fingerprint density at radius 1 is 1.27 bits per heavy atom. The van der Waals surface area contributed by atoms with Gasteiger partial charge < -0.3 is 9.64 Å². The van der Waals surface area contributed by atoms with Crippen molar-refractivity contribution in [2.24, 2.45) is 0 Å². The highest BCUT2D eigenvalue weighted by atomic mass is 16.5. The fourth-order valence-corrected chi connectivity index (χ4v) is 4.33. The molecule has 0 spiro atoms. The van der Waals surface area contributed by atoms with Crippen molar-refractivity contribution < 1.29 is 9.53 Å². The zero-order valence-corrected chi connectivity index (χ0v) is 17.6. The molecule has 1 atom stereocenters. The Bertz CT molecular complexity index is 999. The van der Waals surface area contributed by atoms with E-state index in [4.69, 9.17) is 4.74 Å². The minimum Gasteiger partial charge on any atom is -0.497 e. The van der Waals surface area contributed by atoms with E-state index in [1.165, 1.54) is 11.1 Å². The number of carbonyl (C=O) groups is 1. The number of methoxy groups -OCH3 is 1. The van der Waals surface area contributed by atoms with Crippen LogP contribution in [0.1, 0.15) is 48.5 Å². The minimum atomic E-state index is 0.0610. The highest BCUT2D eigenvalue weighted by Gasteiger charge is 2.32. The Morgan fingerprint density at radius 3 is 2.87 bits per heavy atom. The first-order chi connectivity index (χ1) is 14.7. The molecule has 1 N–H and O–H groups in total. The lowest BCUT2D eigenvalue weighted by Crippen LogP contribution is -2.30. The number of aryl methyl sites for hydroxylation is 2. The predicted molar refractivity (Wildman–Crippen MR) is 116 cm³/mol. The van der Waals surface area contributed by atoms with Gasteiger partial charge in [0.25, 0.3) is 0 Å². The van der Waals surface area contributed by atoms with Gasteiger partial charge in [-0.05, 0) is 73.6 Å². The van der Waals surface area contributed by atoms with Gasteiger partial charge in [-0.3, -0.25) is 14.9 Å². The van der Waals surface area contributed by atoms with Gasteiger partial charge in [0, 0.05) is 30.9 Å². The molecular formula is C24H28N4O2. The van der Waals surface area contributed by atoms with Gasteiger partial charge in [0.15, 0.2) is 0 Å². The molecule has 1 aromatic carbocycles. The molecule has 0 unspecified atom stereocenters. The number of H-pyrrole nitrogens is 1. The van der Waals surface area contributed by atoms with Crippen LogP contribution in [0.4, 0.5) is 0 Å². The van der Waals surface area contributed by atoms with Crippen molar-refractivity contribution in [1.29, 1.82) is 0 Å². The van der Waals surface area contributed by atoms with Crippen LogP contribution in [0.15, 0.2) is 48.9 Å². The number of hydrogen-bond acceptors (Lipinski definition) is 4. The van der Waals surface area contributed by atoms with Crippen molar-refractivity contribution in [3.8, 4) is 16.9 Å². The Labute approximate surface area is 177 Å². The number of pyridine rings is 1. The Hall–Kier alpha value is -3.15. The Morgan fingerprint density at radius 2 is 2.10 bits per heavy atom. The van der Waals surface area contributed by atoms with Gasteiger partial charge in [0.2, 0.25) is 5.91 Å². The standard InChI is InChI=1S/C24H28N4O2/c1-17-15-20(30-2)9-8-18(17)5-3-7-23(29)28-14-4-6-22(28)24-21(16-26-27-24)19-10-12-25-13-11-19/h8-13,15-16,22H,3-7,14H2,1-2H3,(H,26,27)/t22-/m1/s1. The summed E-state index contributed by atoms with van der Waals surface area (Å²) in [5, 5.41) is 7.42. The van der Waals surface area contributed by atoms with E-state index in [-0.39, 0.29) is 11.9 Å². The maximum Gasteiger partial charge on any atom is 0.223 e. The molecule has 1 fully saturated rings. The third-order valence-electron chi connectivity index (χ3n) is 5.95. The molecule has 6 heteroatoms. The number of likely N-dealkylation sites (tertiary alicyclic amines) is 1. The van der Waals surface area contributed by atoms with E-state index < -0.39 is 0 Å². The number of benzene rings is 1. The van der Waals surface area contributed by atoms with Gasteiger partial charge in [-0.15, -0.1) is 0 Å². The van der Waals surface area contributed by atoms with Crippen molar-refractivity contribution >= 4 is 5.91 Å². The number of hydrogen-bond donors (Lipinski definition) is 1. The quantitative estimate of drug-likeness (QED) is 0.630. The summed E-state index contributed by atoms with van der Waals surface area (Å²) in [5.74, 6) is 1.09. The van der Waals surface area contributed by atoms with E-state index in [0.29, 0.717) is 6.42 Å². The summed E-state index contributed by atoms with van der Waals surface area (Å²) in [5.41, 5.74) is 5.63. The third kappa shape index (κ3) is 4.22. The number of rotatable bonds is 7. The summed E-state index contributed by atoms with van der Waals surface area (Å²) in [7, 11) is 1.68. The van der Waals surface area contributed by atoms with Crippen LogP contribution in [0.2, 0.25) is 0 Å². The number of amides is 1. The second-order valence-corrected chi connectivity index (χ2v) is 7.82.